The van der Waals surface area contributed by atoms with Crippen molar-refractivity contribution in [2.45, 2.75) is 6.18 Å². The zero-order valence-corrected chi connectivity index (χ0v) is 19.3. The molecule has 1 aromatic heterocycles. The maximum atomic E-state index is 12.5. The van der Waals surface area contributed by atoms with Crippen molar-refractivity contribution in [1.82, 2.24) is 10.3 Å². The molecule has 0 spiro atoms. The Morgan fingerprint density at radius 2 is 1.83 bits per heavy atom. The Morgan fingerprint density at radius 3 is 2.51 bits per heavy atom. The van der Waals surface area contributed by atoms with Gasteiger partial charge in [-0.2, -0.15) is 13.2 Å². The van der Waals surface area contributed by atoms with E-state index in [2.05, 4.69) is 20.0 Å². The van der Waals surface area contributed by atoms with Crippen molar-refractivity contribution in [3.63, 3.8) is 0 Å². The summed E-state index contributed by atoms with van der Waals surface area (Å²) in [5, 5.41) is 3.53. The summed E-state index contributed by atoms with van der Waals surface area (Å²) in [7, 11) is 0. The first-order valence-corrected chi connectivity index (χ1v) is 11.1. The van der Waals surface area contributed by atoms with Crippen molar-refractivity contribution in [3.8, 4) is 0 Å². The molecule has 1 saturated heterocycles. The van der Waals surface area contributed by atoms with E-state index in [-0.39, 0.29) is 32.2 Å². The zero-order chi connectivity index (χ0) is 25.3. The van der Waals surface area contributed by atoms with Crippen LogP contribution in [0.1, 0.15) is 15.9 Å². The van der Waals surface area contributed by atoms with Crippen molar-refractivity contribution in [1.29, 1.82) is 0 Å². The first-order valence-electron chi connectivity index (χ1n) is 9.48. The molecule has 2 heterocycles. The van der Waals surface area contributed by atoms with Gasteiger partial charge in [-0.1, -0.05) is 35.3 Å². The van der Waals surface area contributed by atoms with Gasteiger partial charge in [-0.25, -0.2) is 14.6 Å². The Balaban J connectivity index is 1.64. The number of amidine groups is 1. The lowest BCUT2D eigenvalue weighted by molar-refractivity contribution is -0.193. The van der Waals surface area contributed by atoms with E-state index >= 15 is 0 Å². The number of pyridine rings is 1. The molecule has 0 atom stereocenters. The van der Waals surface area contributed by atoms with Crippen molar-refractivity contribution in [2.75, 3.05) is 0 Å². The van der Waals surface area contributed by atoms with Crippen LogP contribution in [-0.2, 0) is 14.3 Å². The number of carbonyl (C=O) groups is 3. The Bertz CT molecular complexity index is 1440. The number of nitrogens with zero attached hydrogens (tertiary/aromatic N) is 2. The number of para-hydroxylation sites is 1. The van der Waals surface area contributed by atoms with Gasteiger partial charge in [-0.15, -0.1) is 0 Å². The van der Waals surface area contributed by atoms with Gasteiger partial charge in [0.2, 0.25) is 0 Å². The van der Waals surface area contributed by atoms with Crippen LogP contribution in [0.3, 0.4) is 0 Å². The highest BCUT2D eigenvalue weighted by molar-refractivity contribution is 8.18. The average Bonchev–Trinajstić information content (AvgIpc) is 3.13. The largest absolute Gasteiger partial charge is 0.491 e. The Hall–Kier alpha value is -3.41. The van der Waals surface area contributed by atoms with E-state index in [0.29, 0.717) is 15.6 Å². The summed E-state index contributed by atoms with van der Waals surface area (Å²) >= 11 is 13.2. The third kappa shape index (κ3) is 5.47. The summed E-state index contributed by atoms with van der Waals surface area (Å²) < 4.78 is 41.3. The molecule has 3 aromatic rings. The summed E-state index contributed by atoms with van der Waals surface area (Å²) in [6.07, 6.45) is -2.65. The quantitative estimate of drug-likeness (QED) is 0.261. The maximum Gasteiger partial charge on any atom is 0.491 e. The summed E-state index contributed by atoms with van der Waals surface area (Å²) in [4.78, 5) is 44.3. The van der Waals surface area contributed by atoms with Gasteiger partial charge in [0.1, 0.15) is 5.69 Å². The molecule has 4 rings (SSSR count). The number of aliphatic imine (C=N–C) groups is 1. The molecule has 13 heteroatoms. The molecular formula is C22H10Cl2F3N3O4S. The zero-order valence-electron chi connectivity index (χ0n) is 17.0. The van der Waals surface area contributed by atoms with Crippen LogP contribution in [-0.4, -0.2) is 34.2 Å². The molecule has 0 unspecified atom stereocenters. The fraction of sp³-hybridized carbons (Fsp3) is 0.0455. The van der Waals surface area contributed by atoms with Crippen LogP contribution in [0.25, 0.3) is 17.0 Å². The predicted octanol–water partition coefficient (Wildman–Crippen LogP) is 5.68. The fourth-order valence-electron chi connectivity index (χ4n) is 2.96. The van der Waals surface area contributed by atoms with Crippen LogP contribution in [0, 0.1) is 0 Å². The number of hydrogen-bond acceptors (Lipinski definition) is 7. The van der Waals surface area contributed by atoms with E-state index in [0.717, 1.165) is 17.8 Å². The number of halogens is 5. The molecule has 0 saturated carbocycles. The second-order valence-electron chi connectivity index (χ2n) is 6.86. The minimum atomic E-state index is -5.32. The molecule has 1 aliphatic rings. The highest BCUT2D eigenvalue weighted by Crippen LogP contribution is 2.36. The molecule has 1 N–H and O–H groups in total. The van der Waals surface area contributed by atoms with E-state index in [1.807, 2.05) is 0 Å². The minimum Gasteiger partial charge on any atom is -0.383 e. The van der Waals surface area contributed by atoms with Crippen LogP contribution in [0.5, 0.6) is 0 Å². The van der Waals surface area contributed by atoms with E-state index in [1.165, 1.54) is 24.4 Å². The molecule has 1 fully saturated rings. The summed E-state index contributed by atoms with van der Waals surface area (Å²) in [5.41, 5.74) is 0.678. The van der Waals surface area contributed by atoms with Gasteiger partial charge in [-0.05, 0) is 53.7 Å². The van der Waals surface area contributed by atoms with Gasteiger partial charge in [0.15, 0.2) is 5.17 Å². The lowest BCUT2D eigenvalue weighted by Crippen LogP contribution is -2.28. The maximum absolute atomic E-state index is 12.5. The van der Waals surface area contributed by atoms with E-state index in [9.17, 15) is 27.6 Å². The number of aromatic nitrogens is 1. The number of nitrogens with one attached hydrogen (secondary N) is 1. The second kappa shape index (κ2) is 9.68. The second-order valence-corrected chi connectivity index (χ2v) is 8.71. The number of rotatable bonds is 3. The standard InChI is InChI=1S/C22H10Cl2F3N3O4S/c23-13-2-1-3-14(24)17(13)29-21-30-18(31)16(35-21)9-10-4-5-15-12(8-10)11(6-7-28-15)19(32)34-20(33)22(25,26)27/h1-9H,(H,29,30,31)/b16-9-. The molecule has 0 aliphatic carbocycles. The molecule has 1 amide bonds. The lowest BCUT2D eigenvalue weighted by Gasteiger charge is -2.08. The number of thioether (sulfide) groups is 1. The van der Waals surface area contributed by atoms with Crippen LogP contribution < -0.4 is 5.32 Å². The third-order valence-corrected chi connectivity index (χ3v) is 6.02. The van der Waals surface area contributed by atoms with Gasteiger partial charge in [0.05, 0.1) is 26.0 Å². The third-order valence-electron chi connectivity index (χ3n) is 4.50. The van der Waals surface area contributed by atoms with Gasteiger partial charge in [0, 0.05) is 11.6 Å². The number of benzene rings is 2. The molecule has 0 radical (unpaired) electrons. The first-order chi connectivity index (χ1) is 16.5. The predicted molar refractivity (Wildman–Crippen MR) is 125 cm³/mol. The van der Waals surface area contributed by atoms with Crippen LogP contribution in [0.15, 0.2) is 58.6 Å². The van der Waals surface area contributed by atoms with E-state index < -0.39 is 24.0 Å². The van der Waals surface area contributed by atoms with Crippen molar-refractivity contribution >= 4 is 80.6 Å². The van der Waals surface area contributed by atoms with Crippen molar-refractivity contribution in [3.05, 3.63) is 74.7 Å². The number of alkyl halides is 3. The van der Waals surface area contributed by atoms with Crippen LogP contribution in [0.4, 0.5) is 18.9 Å². The van der Waals surface area contributed by atoms with E-state index in [1.54, 1.807) is 24.3 Å². The topological polar surface area (TPSA) is 97.7 Å². The van der Waals surface area contributed by atoms with Crippen molar-refractivity contribution < 1.29 is 32.3 Å². The molecule has 0 bridgehead atoms. The Kier molecular flexibility index (Phi) is 6.84. The molecular weight excluding hydrogens is 530 g/mol. The van der Waals surface area contributed by atoms with Gasteiger partial charge in [-0.3, -0.25) is 9.78 Å². The summed E-state index contributed by atoms with van der Waals surface area (Å²) in [6, 6.07) is 10.5. The van der Waals surface area contributed by atoms with Gasteiger partial charge >= 0.3 is 18.1 Å². The number of ether oxygens (including phenoxy) is 1. The van der Waals surface area contributed by atoms with Crippen LogP contribution >= 0.6 is 35.0 Å². The SMILES string of the molecule is O=C1NC(=Nc2c(Cl)cccc2Cl)S/C1=C\c1ccc2nccc(C(=O)OC(=O)C(F)(F)F)c2c1. The first kappa shape index (κ1) is 24.7. The summed E-state index contributed by atoms with van der Waals surface area (Å²) in [6.45, 7) is 0. The number of amides is 1. The molecule has 2 aromatic carbocycles. The normalized spacial score (nSPS) is 16.1. The van der Waals surface area contributed by atoms with Gasteiger partial charge in [0.25, 0.3) is 5.91 Å². The number of fused-ring (bicyclic) bond motifs is 1. The molecule has 7 nitrogen and oxygen atoms in total. The number of hydrogen-bond donors (Lipinski definition) is 1. The van der Waals surface area contributed by atoms with Gasteiger partial charge < -0.3 is 10.1 Å². The molecule has 35 heavy (non-hydrogen) atoms. The van der Waals surface area contributed by atoms with Crippen molar-refractivity contribution in [2.24, 2.45) is 4.99 Å². The average molecular weight is 540 g/mol. The molecule has 178 valence electrons. The number of esters is 2. The Labute approximate surface area is 209 Å². The Morgan fingerprint density at radius 1 is 1.11 bits per heavy atom. The smallest absolute Gasteiger partial charge is 0.383 e. The van der Waals surface area contributed by atoms with E-state index in [4.69, 9.17) is 23.2 Å². The minimum absolute atomic E-state index is 0.127. The van der Waals surface area contributed by atoms with Crippen LogP contribution in [0.2, 0.25) is 10.0 Å². The molecule has 1 aliphatic heterocycles. The fourth-order valence-corrected chi connectivity index (χ4v) is 4.27. The monoisotopic (exact) mass is 539 g/mol. The number of carbonyl (C=O) groups excluding carboxylic acids is 3. The lowest BCUT2D eigenvalue weighted by atomic mass is 10.1. The summed E-state index contributed by atoms with van der Waals surface area (Å²) in [5.74, 6) is -4.57. The highest BCUT2D eigenvalue weighted by atomic mass is 35.5. The highest BCUT2D eigenvalue weighted by Gasteiger charge is 2.42.